The fourth-order valence-corrected chi connectivity index (χ4v) is 13.3. The minimum absolute atomic E-state index is 0.102. The second kappa shape index (κ2) is 66.3. The van der Waals surface area contributed by atoms with Gasteiger partial charge in [0.1, 0.15) is 19.3 Å². The van der Waals surface area contributed by atoms with Crippen molar-refractivity contribution in [3.8, 4) is 0 Å². The number of hydrogen-bond acceptors (Lipinski definition) is 15. The number of aliphatic hydroxyl groups excluding tert-OH is 1. The predicted octanol–water partition coefficient (Wildman–Crippen LogP) is 22.4. The molecule has 0 radical (unpaired) electrons. The second-order valence-electron chi connectivity index (χ2n) is 29.4. The summed E-state index contributed by atoms with van der Waals surface area (Å²) in [5.74, 6) is 0.926. The fourth-order valence-electron chi connectivity index (χ4n) is 11.7. The molecule has 0 aromatic rings. The van der Waals surface area contributed by atoms with Crippen molar-refractivity contribution in [1.29, 1.82) is 0 Å². The van der Waals surface area contributed by atoms with Gasteiger partial charge in [-0.3, -0.25) is 37.3 Å². The highest BCUT2D eigenvalue weighted by Crippen LogP contribution is 2.45. The average Bonchev–Trinajstić information content (AvgIpc) is 1.82. The molecule has 0 saturated carbocycles. The van der Waals surface area contributed by atoms with Crippen LogP contribution in [0.5, 0.6) is 0 Å². The van der Waals surface area contributed by atoms with Crippen molar-refractivity contribution >= 4 is 39.5 Å². The summed E-state index contributed by atoms with van der Waals surface area (Å²) in [5.41, 5.74) is 0. The number of unbranched alkanes of at least 4 members (excludes halogenated alkanes) is 39. The molecule has 19 heteroatoms. The normalized spacial score (nSPS) is 14.4. The maximum atomic E-state index is 13.1. The third-order valence-electron chi connectivity index (χ3n) is 18.2. The molecule has 0 aliphatic carbocycles. The van der Waals surface area contributed by atoms with Gasteiger partial charge in [0.2, 0.25) is 0 Å². The Morgan fingerprint density at radius 2 is 0.500 bits per heavy atom. The van der Waals surface area contributed by atoms with Crippen LogP contribution in [0.25, 0.3) is 0 Å². The summed E-state index contributed by atoms with van der Waals surface area (Å²) in [6.07, 6.45) is 51.5. The van der Waals surface area contributed by atoms with Crippen LogP contribution in [0.3, 0.4) is 0 Å². The molecule has 0 fully saturated rings. The highest BCUT2D eigenvalue weighted by molar-refractivity contribution is 7.47. The standard InChI is InChI=1S/C77H150O17P2/c1-9-70(8)56-48-40-35-36-44-52-60-77(82)94-73(64-88-75(80)58-50-42-33-28-27-31-39-47-55-69(6)7)66-92-96(85,86)90-62-71(78)61-89-95(83,84)91-65-72(63-87-74(79)57-49-41-32-25-21-17-14-13-16-20-24-30-38-46-54-68(4)5)93-76(81)59-51-43-34-26-22-18-12-10-11-15-19-23-29-37-45-53-67(2)3/h67-73,78H,9-66H2,1-8H3,(H,83,84)(H,85,86)/t70?,71?,72-,73-/m1/s1. The number of esters is 4. The molecule has 0 spiro atoms. The van der Waals surface area contributed by atoms with Gasteiger partial charge in [0.05, 0.1) is 26.4 Å². The van der Waals surface area contributed by atoms with Crippen LogP contribution in [0.15, 0.2) is 0 Å². The molecular weight excluding hydrogens is 1260 g/mol. The van der Waals surface area contributed by atoms with Gasteiger partial charge in [-0.2, -0.15) is 0 Å². The highest BCUT2D eigenvalue weighted by Gasteiger charge is 2.30. The molecule has 0 rings (SSSR count). The maximum Gasteiger partial charge on any atom is 0.472 e. The Morgan fingerprint density at radius 1 is 0.292 bits per heavy atom. The zero-order valence-corrected chi connectivity index (χ0v) is 64.8. The van der Waals surface area contributed by atoms with E-state index in [0.29, 0.717) is 25.7 Å². The molecule has 0 aliphatic heterocycles. The number of carbonyl (C=O) groups excluding carboxylic acids is 4. The smallest absolute Gasteiger partial charge is 0.462 e. The minimum atomic E-state index is -4.96. The molecule has 0 aromatic heterocycles. The van der Waals surface area contributed by atoms with Crippen molar-refractivity contribution in [2.75, 3.05) is 39.6 Å². The lowest BCUT2D eigenvalue weighted by Crippen LogP contribution is -2.30. The molecule has 0 amide bonds. The van der Waals surface area contributed by atoms with Gasteiger partial charge in [-0.1, -0.05) is 338 Å². The Hall–Kier alpha value is -1.94. The van der Waals surface area contributed by atoms with Crippen LogP contribution in [0.2, 0.25) is 0 Å². The van der Waals surface area contributed by atoms with E-state index in [2.05, 4.69) is 55.4 Å². The predicted molar refractivity (Wildman–Crippen MR) is 391 cm³/mol. The second-order valence-corrected chi connectivity index (χ2v) is 32.3. The van der Waals surface area contributed by atoms with Crippen LogP contribution in [0.4, 0.5) is 0 Å². The third-order valence-corrected chi connectivity index (χ3v) is 20.1. The quantitative estimate of drug-likeness (QED) is 0.0222. The average molecular weight is 1410 g/mol. The third kappa shape index (κ3) is 69.2. The Kier molecular flexibility index (Phi) is 65.0. The molecule has 4 unspecified atom stereocenters. The van der Waals surface area contributed by atoms with Crippen molar-refractivity contribution in [2.24, 2.45) is 23.7 Å². The molecule has 96 heavy (non-hydrogen) atoms. The summed E-state index contributed by atoms with van der Waals surface area (Å²) >= 11 is 0. The lowest BCUT2D eigenvalue weighted by molar-refractivity contribution is -0.161. The van der Waals surface area contributed by atoms with Crippen LogP contribution in [-0.2, 0) is 65.4 Å². The van der Waals surface area contributed by atoms with Gasteiger partial charge in [-0.15, -0.1) is 0 Å². The largest absolute Gasteiger partial charge is 0.472 e. The van der Waals surface area contributed by atoms with Gasteiger partial charge in [-0.05, 0) is 49.4 Å². The van der Waals surface area contributed by atoms with Gasteiger partial charge in [0.25, 0.3) is 0 Å². The highest BCUT2D eigenvalue weighted by atomic mass is 31.2. The molecule has 3 N–H and O–H groups in total. The van der Waals surface area contributed by atoms with Crippen molar-refractivity contribution < 1.29 is 80.2 Å². The van der Waals surface area contributed by atoms with Gasteiger partial charge >= 0.3 is 39.5 Å². The van der Waals surface area contributed by atoms with Crippen LogP contribution >= 0.6 is 15.6 Å². The number of aliphatic hydroxyl groups is 1. The SMILES string of the molecule is CCC(C)CCCCCCCCC(=O)O[C@H](COC(=O)CCCCCCCCCCC(C)C)COP(=O)(O)OCC(O)COP(=O)(O)OC[C@@H](COC(=O)CCCCCCCCCCCCCCCCC(C)C)OC(=O)CCCCCCCCCCCCCCCCCC(C)C. The molecule has 0 aliphatic rings. The molecule has 0 saturated heterocycles. The van der Waals surface area contributed by atoms with E-state index in [-0.39, 0.29) is 25.7 Å². The fraction of sp³-hybridized carbons (Fsp3) is 0.948. The monoisotopic (exact) mass is 1410 g/mol. The molecule has 0 aromatic carbocycles. The van der Waals surface area contributed by atoms with Gasteiger partial charge < -0.3 is 33.8 Å². The summed E-state index contributed by atoms with van der Waals surface area (Å²) in [6, 6.07) is 0. The van der Waals surface area contributed by atoms with E-state index in [1.54, 1.807) is 0 Å². The molecule has 0 bridgehead atoms. The van der Waals surface area contributed by atoms with E-state index in [0.717, 1.165) is 114 Å². The van der Waals surface area contributed by atoms with E-state index in [1.807, 2.05) is 0 Å². The first-order valence-electron chi connectivity index (χ1n) is 39.7. The van der Waals surface area contributed by atoms with Gasteiger partial charge in [-0.25, -0.2) is 9.13 Å². The summed E-state index contributed by atoms with van der Waals surface area (Å²) in [4.78, 5) is 72.8. The summed E-state index contributed by atoms with van der Waals surface area (Å²) in [5, 5.41) is 10.6. The van der Waals surface area contributed by atoms with Crippen LogP contribution in [0, 0.1) is 23.7 Å². The number of phosphoric acid groups is 2. The van der Waals surface area contributed by atoms with E-state index < -0.39 is 97.5 Å². The van der Waals surface area contributed by atoms with Crippen LogP contribution in [-0.4, -0.2) is 96.7 Å². The Balaban J connectivity index is 5.24. The Bertz CT molecular complexity index is 1890. The first kappa shape index (κ1) is 94.1. The van der Waals surface area contributed by atoms with E-state index in [4.69, 9.17) is 37.0 Å². The molecular formula is C77H150O17P2. The number of rotatable bonds is 74. The number of carbonyl (C=O) groups is 4. The van der Waals surface area contributed by atoms with Gasteiger partial charge in [0, 0.05) is 25.7 Å². The molecule has 570 valence electrons. The van der Waals surface area contributed by atoms with Crippen molar-refractivity contribution in [2.45, 2.75) is 408 Å². The molecule has 6 atom stereocenters. The molecule has 0 heterocycles. The Labute approximate surface area is 588 Å². The molecule has 17 nitrogen and oxygen atoms in total. The Morgan fingerprint density at radius 3 is 0.740 bits per heavy atom. The van der Waals surface area contributed by atoms with Crippen molar-refractivity contribution in [3.63, 3.8) is 0 Å². The topological polar surface area (TPSA) is 237 Å². The van der Waals surface area contributed by atoms with Gasteiger partial charge in [0.15, 0.2) is 12.2 Å². The maximum absolute atomic E-state index is 13.1. The summed E-state index contributed by atoms with van der Waals surface area (Å²) in [7, 11) is -9.91. The zero-order valence-electron chi connectivity index (χ0n) is 63.0. The minimum Gasteiger partial charge on any atom is -0.462 e. The number of hydrogen-bond donors (Lipinski definition) is 3. The number of ether oxygens (including phenoxy) is 4. The van der Waals surface area contributed by atoms with Crippen LogP contribution < -0.4 is 0 Å². The van der Waals surface area contributed by atoms with Crippen LogP contribution in [0.1, 0.15) is 389 Å². The van der Waals surface area contributed by atoms with E-state index in [1.165, 1.54) is 193 Å². The lowest BCUT2D eigenvalue weighted by atomic mass is 10.00. The lowest BCUT2D eigenvalue weighted by Gasteiger charge is -2.21. The summed E-state index contributed by atoms with van der Waals surface area (Å²) < 4.78 is 68.5. The first-order valence-corrected chi connectivity index (χ1v) is 42.7. The van der Waals surface area contributed by atoms with Crippen molar-refractivity contribution in [3.05, 3.63) is 0 Å². The number of phosphoric ester groups is 2. The van der Waals surface area contributed by atoms with E-state index >= 15 is 0 Å². The first-order chi connectivity index (χ1) is 46.1. The zero-order chi connectivity index (χ0) is 71.0. The van der Waals surface area contributed by atoms with Crippen molar-refractivity contribution in [1.82, 2.24) is 0 Å². The summed E-state index contributed by atoms with van der Waals surface area (Å²) in [6.45, 7) is 14.2. The van der Waals surface area contributed by atoms with E-state index in [9.17, 15) is 43.2 Å².